The van der Waals surface area contributed by atoms with Crippen LogP contribution >= 0.6 is 27.3 Å². The number of aromatic nitrogens is 2. The minimum Gasteiger partial charge on any atom is -0.478 e. The maximum Gasteiger partial charge on any atom is 0.328 e. The topological polar surface area (TPSA) is 127 Å². The lowest BCUT2D eigenvalue weighted by atomic mass is 10.2. The van der Waals surface area contributed by atoms with Crippen molar-refractivity contribution in [1.29, 1.82) is 0 Å². The summed E-state index contributed by atoms with van der Waals surface area (Å²) in [5, 5.41) is 15.6. The standard InChI is InChI=1S/C20H26BrN5OS.C4H4O4/c21-18-15-16-17(28-18)5-3-6-19(27)26(16)10-2-1-9-24-11-13-25(14-12-24)20-22-7-4-8-23-20;5-3(6)1-2-4(7)8/h4,7-8,15H,1-3,5-6,9-14H2;1-2H,(H,5,6)(H,7,8)/b;2-1+. The first-order valence-electron chi connectivity index (χ1n) is 11.8. The van der Waals surface area contributed by atoms with Crippen molar-refractivity contribution in [2.45, 2.75) is 32.1 Å². The van der Waals surface area contributed by atoms with Crippen molar-refractivity contribution in [2.75, 3.05) is 49.1 Å². The molecule has 0 bridgehead atoms. The lowest BCUT2D eigenvalue weighted by molar-refractivity contribution is -0.134. The van der Waals surface area contributed by atoms with E-state index in [2.05, 4.69) is 41.8 Å². The number of aliphatic carboxylic acids is 2. The monoisotopic (exact) mass is 579 g/mol. The van der Waals surface area contributed by atoms with E-state index in [4.69, 9.17) is 10.2 Å². The Kier molecular flexibility index (Phi) is 10.8. The Bertz CT molecular complexity index is 1040. The summed E-state index contributed by atoms with van der Waals surface area (Å²) in [6.07, 6.45) is 9.53. The fourth-order valence-electron chi connectivity index (χ4n) is 4.08. The number of fused-ring (bicyclic) bond motifs is 1. The smallest absolute Gasteiger partial charge is 0.328 e. The number of aryl methyl sites for hydroxylation is 1. The van der Waals surface area contributed by atoms with Crippen molar-refractivity contribution in [3.05, 3.63) is 45.3 Å². The van der Waals surface area contributed by atoms with Gasteiger partial charge in [-0.1, -0.05) is 0 Å². The second kappa shape index (κ2) is 14.0. The van der Waals surface area contributed by atoms with Crippen molar-refractivity contribution < 1.29 is 24.6 Å². The molecule has 0 saturated carbocycles. The second-order valence-corrected chi connectivity index (χ2v) is 10.9. The summed E-state index contributed by atoms with van der Waals surface area (Å²) in [6.45, 7) is 5.95. The first kappa shape index (κ1) is 27.8. The summed E-state index contributed by atoms with van der Waals surface area (Å²) in [5.74, 6) is -1.40. The summed E-state index contributed by atoms with van der Waals surface area (Å²) in [4.78, 5) is 48.5. The summed E-state index contributed by atoms with van der Waals surface area (Å²) < 4.78 is 1.12. The molecule has 2 aromatic rings. The van der Waals surface area contributed by atoms with Crippen LogP contribution in [0.4, 0.5) is 11.6 Å². The van der Waals surface area contributed by atoms with E-state index in [1.54, 1.807) is 23.7 Å². The normalized spacial score (nSPS) is 16.3. The number of unbranched alkanes of at least 4 members (excludes halogenated alkanes) is 1. The van der Waals surface area contributed by atoms with Gasteiger partial charge in [-0.15, -0.1) is 11.3 Å². The zero-order valence-corrected chi connectivity index (χ0v) is 22.3. The van der Waals surface area contributed by atoms with Gasteiger partial charge in [0.15, 0.2) is 0 Å². The third kappa shape index (κ3) is 8.68. The summed E-state index contributed by atoms with van der Waals surface area (Å²) >= 11 is 5.35. The molecule has 10 nitrogen and oxygen atoms in total. The number of carbonyl (C=O) groups excluding carboxylic acids is 1. The second-order valence-electron chi connectivity index (χ2n) is 8.35. The molecule has 0 aliphatic carbocycles. The first-order chi connectivity index (χ1) is 17.3. The third-order valence-corrected chi connectivity index (χ3v) is 7.51. The fourth-order valence-corrected chi connectivity index (χ4v) is 5.81. The number of carboxylic acid groups (broad SMARTS) is 2. The Morgan fingerprint density at radius 1 is 1.00 bits per heavy atom. The predicted molar refractivity (Wildman–Crippen MR) is 142 cm³/mol. The van der Waals surface area contributed by atoms with E-state index < -0.39 is 11.9 Å². The molecule has 2 aliphatic rings. The number of rotatable bonds is 8. The van der Waals surface area contributed by atoms with Crippen LogP contribution in [0.15, 0.2) is 40.5 Å². The quantitative estimate of drug-likeness (QED) is 0.357. The van der Waals surface area contributed by atoms with E-state index in [0.717, 1.165) is 80.4 Å². The highest BCUT2D eigenvalue weighted by Crippen LogP contribution is 2.37. The van der Waals surface area contributed by atoms with Crippen LogP contribution in [-0.4, -0.2) is 82.2 Å². The first-order valence-corrected chi connectivity index (χ1v) is 13.4. The minimum atomic E-state index is -1.26. The van der Waals surface area contributed by atoms with E-state index in [9.17, 15) is 14.4 Å². The van der Waals surface area contributed by atoms with Gasteiger partial charge in [0.05, 0.1) is 9.47 Å². The Hall–Kier alpha value is -2.83. The molecule has 1 fully saturated rings. The van der Waals surface area contributed by atoms with Crippen LogP contribution in [0, 0.1) is 0 Å². The number of hydrogen-bond acceptors (Lipinski definition) is 8. The molecule has 4 rings (SSSR count). The molecule has 2 N–H and O–H groups in total. The minimum absolute atomic E-state index is 0.278. The van der Waals surface area contributed by atoms with Gasteiger partial charge in [-0.25, -0.2) is 19.6 Å². The number of anilines is 2. The van der Waals surface area contributed by atoms with Gasteiger partial charge >= 0.3 is 11.9 Å². The molecule has 0 aromatic carbocycles. The fraction of sp³-hybridized carbons (Fsp3) is 0.458. The van der Waals surface area contributed by atoms with E-state index in [0.29, 0.717) is 18.6 Å². The molecule has 0 spiro atoms. The molecule has 4 heterocycles. The van der Waals surface area contributed by atoms with Crippen LogP contribution in [0.3, 0.4) is 0 Å². The van der Waals surface area contributed by atoms with Gasteiger partial charge in [0.2, 0.25) is 11.9 Å². The van der Waals surface area contributed by atoms with Gasteiger partial charge < -0.3 is 20.0 Å². The SMILES string of the molecule is O=C(O)/C=C/C(=O)O.O=C1CCCc2sc(Br)cc2N1CCCCN1CCN(c2ncccn2)CC1. The molecular weight excluding hydrogens is 550 g/mol. The molecule has 0 unspecified atom stereocenters. The molecule has 194 valence electrons. The van der Waals surface area contributed by atoms with E-state index in [1.165, 1.54) is 4.88 Å². The number of halogens is 1. The number of carboxylic acids is 2. The lowest BCUT2D eigenvalue weighted by Crippen LogP contribution is -2.47. The molecule has 36 heavy (non-hydrogen) atoms. The highest BCUT2D eigenvalue weighted by atomic mass is 79.9. The molecular formula is C24H30BrN5O5S. The van der Waals surface area contributed by atoms with Crippen LogP contribution in [0.5, 0.6) is 0 Å². The average molecular weight is 581 g/mol. The van der Waals surface area contributed by atoms with Crippen molar-refractivity contribution >= 4 is 56.7 Å². The predicted octanol–water partition coefficient (Wildman–Crippen LogP) is 3.28. The number of piperazine rings is 1. The van der Waals surface area contributed by atoms with Crippen LogP contribution in [0.25, 0.3) is 0 Å². The third-order valence-electron chi connectivity index (χ3n) is 5.82. The highest BCUT2D eigenvalue weighted by molar-refractivity contribution is 9.11. The van der Waals surface area contributed by atoms with Crippen LogP contribution in [0.2, 0.25) is 0 Å². The van der Waals surface area contributed by atoms with Gasteiger partial charge in [0.25, 0.3) is 0 Å². The van der Waals surface area contributed by atoms with Gasteiger partial charge in [0.1, 0.15) is 0 Å². The van der Waals surface area contributed by atoms with Gasteiger partial charge in [-0.3, -0.25) is 9.69 Å². The van der Waals surface area contributed by atoms with Crippen LogP contribution in [0.1, 0.15) is 30.6 Å². The number of thiophene rings is 1. The maximum atomic E-state index is 12.5. The number of amides is 1. The van der Waals surface area contributed by atoms with Crippen LogP contribution < -0.4 is 9.80 Å². The highest BCUT2D eigenvalue weighted by Gasteiger charge is 2.24. The van der Waals surface area contributed by atoms with Gasteiger partial charge in [-0.05, 0) is 60.3 Å². The molecule has 0 atom stereocenters. The molecule has 0 radical (unpaired) electrons. The molecule has 1 saturated heterocycles. The Balaban J connectivity index is 0.000000392. The number of carbonyl (C=O) groups is 3. The summed E-state index contributed by atoms with van der Waals surface area (Å²) in [7, 11) is 0. The summed E-state index contributed by atoms with van der Waals surface area (Å²) in [5.41, 5.74) is 1.14. The van der Waals surface area contributed by atoms with Crippen molar-refractivity contribution in [3.8, 4) is 0 Å². The maximum absolute atomic E-state index is 12.5. The van der Waals surface area contributed by atoms with Crippen molar-refractivity contribution in [1.82, 2.24) is 14.9 Å². The van der Waals surface area contributed by atoms with Crippen molar-refractivity contribution in [3.63, 3.8) is 0 Å². The molecule has 1 amide bonds. The zero-order chi connectivity index (χ0) is 25.9. The zero-order valence-electron chi connectivity index (χ0n) is 19.9. The van der Waals surface area contributed by atoms with E-state index in [1.807, 2.05) is 11.0 Å². The van der Waals surface area contributed by atoms with Gasteiger partial charge in [0, 0.05) is 68.6 Å². The van der Waals surface area contributed by atoms with E-state index in [-0.39, 0.29) is 5.91 Å². The summed E-state index contributed by atoms with van der Waals surface area (Å²) in [6, 6.07) is 3.97. The average Bonchev–Trinajstić information content (AvgIpc) is 3.17. The largest absolute Gasteiger partial charge is 0.478 e. The number of nitrogens with zero attached hydrogens (tertiary/aromatic N) is 5. The Morgan fingerprint density at radius 3 is 2.28 bits per heavy atom. The Labute approximate surface area is 222 Å². The lowest BCUT2D eigenvalue weighted by Gasteiger charge is -2.34. The van der Waals surface area contributed by atoms with Crippen LogP contribution in [-0.2, 0) is 20.8 Å². The van der Waals surface area contributed by atoms with Gasteiger partial charge in [-0.2, -0.15) is 0 Å². The molecule has 2 aromatic heterocycles. The Morgan fingerprint density at radius 2 is 1.64 bits per heavy atom. The molecule has 12 heteroatoms. The number of hydrogen-bond donors (Lipinski definition) is 2. The van der Waals surface area contributed by atoms with Crippen molar-refractivity contribution in [2.24, 2.45) is 0 Å². The van der Waals surface area contributed by atoms with E-state index >= 15 is 0 Å². The molecule has 2 aliphatic heterocycles.